The van der Waals surface area contributed by atoms with Crippen LogP contribution in [0.2, 0.25) is 0 Å². The van der Waals surface area contributed by atoms with Crippen LogP contribution in [0.4, 0.5) is 0 Å². The number of amides is 5. The van der Waals surface area contributed by atoms with Crippen LogP contribution in [0.3, 0.4) is 0 Å². The van der Waals surface area contributed by atoms with Gasteiger partial charge in [0.2, 0.25) is 29.5 Å². The van der Waals surface area contributed by atoms with Crippen molar-refractivity contribution in [2.45, 2.75) is 43.4 Å². The Balaban J connectivity index is 3.09. The van der Waals surface area contributed by atoms with E-state index in [1.54, 1.807) is 30.3 Å². The average Bonchev–Trinajstić information content (AvgIpc) is 2.75. The van der Waals surface area contributed by atoms with Crippen LogP contribution in [-0.2, 0) is 35.2 Å². The fourth-order valence-electron chi connectivity index (χ4n) is 2.79. The molecule has 34 heavy (non-hydrogen) atoms. The molecular weight excluding hydrogens is 468 g/mol. The van der Waals surface area contributed by atoms with Gasteiger partial charge in [0, 0.05) is 12.2 Å². The summed E-state index contributed by atoms with van der Waals surface area (Å²) in [6.07, 6.45) is -1.17. The first kappa shape index (κ1) is 28.4. The van der Waals surface area contributed by atoms with Crippen molar-refractivity contribution >= 4 is 48.1 Å². The van der Waals surface area contributed by atoms with Crippen molar-refractivity contribution in [1.29, 1.82) is 0 Å². The molecule has 14 heteroatoms. The highest BCUT2D eigenvalue weighted by Crippen LogP contribution is 2.06. The fourth-order valence-corrected chi connectivity index (χ4v) is 3.04. The number of hydrogen-bond donors (Lipinski definition) is 8. The molecule has 1 aromatic carbocycles. The zero-order valence-electron chi connectivity index (χ0n) is 18.1. The lowest BCUT2D eigenvalue weighted by Crippen LogP contribution is -2.58. The minimum atomic E-state index is -1.52. The minimum Gasteiger partial charge on any atom is -0.480 e. The molecule has 0 fully saturated rings. The fraction of sp³-hybridized carbons (Fsp3) is 0.400. The van der Waals surface area contributed by atoms with Gasteiger partial charge in [-0.1, -0.05) is 30.3 Å². The van der Waals surface area contributed by atoms with Crippen LogP contribution in [0.5, 0.6) is 0 Å². The SMILES string of the molecule is NC(=O)CC(N)C(=O)NC(CC(N)=O)C(=O)NC(Cc1ccccc1)C(=O)NC(CS)C(=O)O. The predicted molar refractivity (Wildman–Crippen MR) is 123 cm³/mol. The molecule has 0 spiro atoms. The normalized spacial score (nSPS) is 14.1. The molecule has 0 saturated heterocycles. The summed E-state index contributed by atoms with van der Waals surface area (Å²) in [7, 11) is 0. The summed E-state index contributed by atoms with van der Waals surface area (Å²) >= 11 is 3.89. The molecule has 0 saturated carbocycles. The molecule has 0 aromatic heterocycles. The molecule has 1 rings (SSSR count). The van der Waals surface area contributed by atoms with Crippen LogP contribution < -0.4 is 33.2 Å². The Kier molecular flexibility index (Phi) is 11.5. The van der Waals surface area contributed by atoms with Crippen molar-refractivity contribution in [3.8, 4) is 0 Å². The van der Waals surface area contributed by atoms with E-state index >= 15 is 0 Å². The molecule has 186 valence electrons. The molecule has 1 aromatic rings. The quantitative estimate of drug-likeness (QED) is 0.122. The number of aliphatic carboxylic acids is 1. The van der Waals surface area contributed by atoms with Crippen molar-refractivity contribution in [2.24, 2.45) is 17.2 Å². The standard InChI is InChI=1S/C20H28N6O7S/c21-11(7-15(22)27)17(29)24-13(8-16(23)28)19(31)25-12(6-10-4-2-1-3-5-10)18(30)26-14(9-34)20(32)33/h1-5,11-14,34H,6-9,21H2,(H2,22,27)(H2,23,28)(H,24,29)(H,25,31)(H,26,30)(H,32,33). The number of primary amides is 2. The number of rotatable bonds is 14. The molecule has 13 nitrogen and oxygen atoms in total. The Morgan fingerprint density at radius 3 is 1.79 bits per heavy atom. The molecule has 0 bridgehead atoms. The van der Waals surface area contributed by atoms with Crippen molar-refractivity contribution in [3.05, 3.63) is 35.9 Å². The van der Waals surface area contributed by atoms with Gasteiger partial charge in [-0.25, -0.2) is 4.79 Å². The zero-order valence-corrected chi connectivity index (χ0v) is 19.0. The van der Waals surface area contributed by atoms with Crippen molar-refractivity contribution < 1.29 is 33.9 Å². The second-order valence-corrected chi connectivity index (χ2v) is 7.71. The van der Waals surface area contributed by atoms with E-state index in [0.717, 1.165) is 0 Å². The third kappa shape index (κ3) is 9.87. The van der Waals surface area contributed by atoms with Crippen LogP contribution in [0.1, 0.15) is 18.4 Å². The Bertz CT molecular complexity index is 914. The lowest BCUT2D eigenvalue weighted by Gasteiger charge is -2.24. The van der Waals surface area contributed by atoms with Gasteiger partial charge in [-0.05, 0) is 5.56 Å². The summed E-state index contributed by atoms with van der Waals surface area (Å²) in [6, 6.07) is 3.03. The Labute approximate surface area is 200 Å². The Morgan fingerprint density at radius 2 is 1.29 bits per heavy atom. The molecule has 0 aliphatic carbocycles. The van der Waals surface area contributed by atoms with Crippen molar-refractivity contribution in [3.63, 3.8) is 0 Å². The van der Waals surface area contributed by atoms with Gasteiger partial charge in [0.25, 0.3) is 0 Å². The van der Waals surface area contributed by atoms with Gasteiger partial charge >= 0.3 is 5.97 Å². The Morgan fingerprint density at radius 1 is 0.794 bits per heavy atom. The van der Waals surface area contributed by atoms with Gasteiger partial charge in [-0.15, -0.1) is 0 Å². The smallest absolute Gasteiger partial charge is 0.327 e. The van der Waals surface area contributed by atoms with Crippen molar-refractivity contribution in [2.75, 3.05) is 5.75 Å². The van der Waals surface area contributed by atoms with Crippen molar-refractivity contribution in [1.82, 2.24) is 16.0 Å². The van der Waals surface area contributed by atoms with E-state index in [-0.39, 0.29) is 12.2 Å². The van der Waals surface area contributed by atoms with Crippen LogP contribution >= 0.6 is 12.6 Å². The Hall–Kier alpha value is -3.65. The molecule has 10 N–H and O–H groups in total. The number of carbonyl (C=O) groups is 6. The maximum Gasteiger partial charge on any atom is 0.327 e. The first-order valence-corrected chi connectivity index (χ1v) is 10.7. The van der Waals surface area contributed by atoms with Gasteiger partial charge in [-0.2, -0.15) is 12.6 Å². The van der Waals surface area contributed by atoms with E-state index in [1.165, 1.54) is 0 Å². The van der Waals surface area contributed by atoms with E-state index in [4.69, 9.17) is 17.2 Å². The zero-order chi connectivity index (χ0) is 25.8. The van der Waals surface area contributed by atoms with Gasteiger partial charge in [0.15, 0.2) is 0 Å². The third-order valence-electron chi connectivity index (χ3n) is 4.51. The summed E-state index contributed by atoms with van der Waals surface area (Å²) < 4.78 is 0. The summed E-state index contributed by atoms with van der Waals surface area (Å²) in [6.45, 7) is 0. The van der Waals surface area contributed by atoms with E-state index in [9.17, 15) is 33.9 Å². The van der Waals surface area contributed by atoms with Crippen LogP contribution in [0, 0.1) is 0 Å². The largest absolute Gasteiger partial charge is 0.480 e. The summed E-state index contributed by atoms with van der Waals surface area (Å²) in [5.41, 5.74) is 16.4. The lowest BCUT2D eigenvalue weighted by atomic mass is 10.0. The second kappa shape index (κ2) is 13.8. The average molecular weight is 497 g/mol. The number of thiol groups is 1. The molecule has 5 amide bonds. The number of benzene rings is 1. The number of nitrogens with two attached hydrogens (primary N) is 3. The van der Waals surface area contributed by atoms with Gasteiger partial charge < -0.3 is 38.3 Å². The molecule has 4 atom stereocenters. The summed E-state index contributed by atoms with van der Waals surface area (Å²) in [5.74, 6) is -6.03. The van der Waals surface area contributed by atoms with Crippen LogP contribution in [0.25, 0.3) is 0 Å². The second-order valence-electron chi connectivity index (χ2n) is 7.34. The molecule has 0 heterocycles. The first-order valence-electron chi connectivity index (χ1n) is 10.1. The first-order chi connectivity index (χ1) is 15.9. The number of carboxylic acid groups (broad SMARTS) is 1. The van der Waals surface area contributed by atoms with Gasteiger partial charge in [0.05, 0.1) is 18.9 Å². The van der Waals surface area contributed by atoms with E-state index in [2.05, 4.69) is 28.6 Å². The molecule has 4 unspecified atom stereocenters. The highest BCUT2D eigenvalue weighted by molar-refractivity contribution is 7.80. The maximum absolute atomic E-state index is 12.9. The molecule has 0 radical (unpaired) electrons. The van der Waals surface area contributed by atoms with Gasteiger partial charge in [0.1, 0.15) is 18.1 Å². The van der Waals surface area contributed by atoms with E-state index in [0.29, 0.717) is 5.56 Å². The maximum atomic E-state index is 12.9. The van der Waals surface area contributed by atoms with Crippen LogP contribution in [-0.4, -0.2) is 70.5 Å². The number of carbonyl (C=O) groups excluding carboxylic acids is 5. The predicted octanol–water partition coefficient (Wildman–Crippen LogP) is -3.22. The number of hydrogen-bond acceptors (Lipinski definition) is 8. The topological polar surface area (TPSA) is 237 Å². The summed E-state index contributed by atoms with van der Waals surface area (Å²) in [4.78, 5) is 71.6. The molecule has 0 aliphatic rings. The van der Waals surface area contributed by atoms with Gasteiger partial charge in [-0.3, -0.25) is 24.0 Å². The molecule has 0 aliphatic heterocycles. The highest BCUT2D eigenvalue weighted by Gasteiger charge is 2.31. The van der Waals surface area contributed by atoms with E-state index in [1.807, 2.05) is 0 Å². The monoisotopic (exact) mass is 496 g/mol. The number of nitrogens with one attached hydrogen (secondary N) is 3. The third-order valence-corrected chi connectivity index (χ3v) is 4.87. The molecular formula is C20H28N6O7S. The number of carboxylic acids is 1. The van der Waals surface area contributed by atoms with E-state index < -0.39 is 72.5 Å². The lowest BCUT2D eigenvalue weighted by molar-refractivity contribution is -0.141. The highest BCUT2D eigenvalue weighted by atomic mass is 32.1. The summed E-state index contributed by atoms with van der Waals surface area (Å²) in [5, 5.41) is 16.1. The van der Waals surface area contributed by atoms with Crippen LogP contribution in [0.15, 0.2) is 30.3 Å². The minimum absolute atomic E-state index is 0.0320.